The summed E-state index contributed by atoms with van der Waals surface area (Å²) in [6.45, 7) is 9.66. The molecule has 0 saturated carbocycles. The molecule has 14 nitrogen and oxygen atoms in total. The molecule has 57 heavy (non-hydrogen) atoms. The van der Waals surface area contributed by atoms with Gasteiger partial charge in [0.1, 0.15) is 29.3 Å². The maximum atomic E-state index is 15.6. The first-order chi connectivity index (χ1) is 27.2. The van der Waals surface area contributed by atoms with E-state index < -0.39 is 65.9 Å². The van der Waals surface area contributed by atoms with Gasteiger partial charge in [0.05, 0.1) is 30.7 Å². The topological polar surface area (TPSA) is 180 Å². The van der Waals surface area contributed by atoms with Gasteiger partial charge in [-0.05, 0) is 36.8 Å². The van der Waals surface area contributed by atoms with E-state index in [0.717, 1.165) is 34.5 Å². The van der Waals surface area contributed by atoms with Crippen LogP contribution in [0.25, 0.3) is 0 Å². The number of benzene rings is 1. The molecule has 16 heteroatoms. The molecule has 0 aliphatic carbocycles. The fourth-order valence-corrected chi connectivity index (χ4v) is 9.10. The van der Waals surface area contributed by atoms with Gasteiger partial charge in [-0.3, -0.25) is 19.8 Å². The van der Waals surface area contributed by atoms with E-state index in [0.29, 0.717) is 25.9 Å². The number of methoxy groups -OCH3 is 2. The number of hydrogen-bond donors (Lipinski definition) is 4. The largest absolute Gasteiger partial charge is 0.465 e. The van der Waals surface area contributed by atoms with Crippen molar-refractivity contribution in [1.29, 1.82) is 0 Å². The molecular formula is C41H61FN6O8S. The third-order valence-corrected chi connectivity index (χ3v) is 13.0. The standard InChI is InChI=1S/C41H61FN6O8S/c1-8-27(4)31(21-44-36(51)34(26(2)3)45-38(52)40(42)15-18-48(25-40)39(53)54)35(55-6)33(24-50)47-17-14-30(22-47)41(56-7,28(5)23-49)46-32(37-43-16-19-57-37)20-29-12-10-9-11-13-29/h9-13,16,19,23-24,26-28,30-35,46H,8,14-15,17-18,20-22,25H2,1-7H3,(H,44,51)(H,45,52)(H,53,54)/t27-,28+,30?,31+,32-,33?,34-,35+,40+,41+/m0/s1. The molecule has 316 valence electrons. The number of aromatic nitrogens is 1. The third kappa shape index (κ3) is 10.8. The van der Waals surface area contributed by atoms with Crippen LogP contribution in [-0.4, -0.2) is 127 Å². The van der Waals surface area contributed by atoms with Gasteiger partial charge in [0.15, 0.2) is 0 Å². The number of likely N-dealkylation sites (tertiary alicyclic amines) is 2. The first-order valence-electron chi connectivity index (χ1n) is 19.9. The van der Waals surface area contributed by atoms with Crippen molar-refractivity contribution >= 4 is 41.8 Å². The summed E-state index contributed by atoms with van der Waals surface area (Å²) in [5, 5.41) is 21.3. The molecule has 2 aromatic rings. The SMILES string of the molecule is CC[C@H](C)[C@@H](CNC(=O)[C@@H](NC(=O)[C@@]1(F)CCN(C(=O)O)C1)C(C)C)[C@@H](OC)C(C=O)N1CCC([C@](N[C@@H](Cc2ccccc2)c2nccs2)(OC)[C@H](C)C=O)C1. The Morgan fingerprint density at radius 3 is 2.39 bits per heavy atom. The summed E-state index contributed by atoms with van der Waals surface area (Å²) in [6.07, 6.45) is 3.24. The van der Waals surface area contributed by atoms with Crippen molar-refractivity contribution in [3.8, 4) is 0 Å². The Bertz CT molecular complexity index is 1620. The molecule has 3 amide bonds. The van der Waals surface area contributed by atoms with Crippen LogP contribution in [0.3, 0.4) is 0 Å². The molecule has 10 atom stereocenters. The first-order valence-corrected chi connectivity index (χ1v) is 20.7. The van der Waals surface area contributed by atoms with E-state index in [1.165, 1.54) is 11.3 Å². The molecule has 1 aromatic heterocycles. The number of carbonyl (C=O) groups is 5. The second-order valence-corrected chi connectivity index (χ2v) is 16.8. The van der Waals surface area contributed by atoms with Gasteiger partial charge < -0.3 is 39.7 Å². The molecule has 0 radical (unpaired) electrons. The quantitative estimate of drug-likeness (QED) is 0.0993. The van der Waals surface area contributed by atoms with Gasteiger partial charge in [-0.1, -0.05) is 71.4 Å². The van der Waals surface area contributed by atoms with Gasteiger partial charge >= 0.3 is 6.09 Å². The van der Waals surface area contributed by atoms with Gasteiger partial charge in [0, 0.05) is 63.7 Å². The summed E-state index contributed by atoms with van der Waals surface area (Å²) < 4.78 is 28.0. The summed E-state index contributed by atoms with van der Waals surface area (Å²) in [5.41, 5.74) is -2.44. The van der Waals surface area contributed by atoms with Crippen molar-refractivity contribution in [3.63, 3.8) is 0 Å². The summed E-state index contributed by atoms with van der Waals surface area (Å²) in [4.78, 5) is 71.3. The molecule has 2 aliphatic rings. The van der Waals surface area contributed by atoms with Crippen LogP contribution in [0, 0.1) is 29.6 Å². The van der Waals surface area contributed by atoms with Crippen molar-refractivity contribution in [2.75, 3.05) is 46.9 Å². The summed E-state index contributed by atoms with van der Waals surface area (Å²) in [7, 11) is 3.15. The Kier molecular flexibility index (Phi) is 16.7. The number of rotatable bonds is 22. The highest BCUT2D eigenvalue weighted by Crippen LogP contribution is 2.39. The first kappa shape index (κ1) is 45.9. The lowest BCUT2D eigenvalue weighted by Crippen LogP contribution is -2.60. The number of carboxylic acid groups (broad SMARTS) is 1. The summed E-state index contributed by atoms with van der Waals surface area (Å²) in [5.74, 6) is -3.08. The Labute approximate surface area is 339 Å². The second kappa shape index (κ2) is 20.7. The molecule has 2 fully saturated rings. The normalized spacial score (nSPS) is 23.5. The van der Waals surface area contributed by atoms with Gasteiger partial charge in [0.2, 0.25) is 11.6 Å². The Morgan fingerprint density at radius 1 is 1.12 bits per heavy atom. The molecule has 4 N–H and O–H groups in total. The summed E-state index contributed by atoms with van der Waals surface area (Å²) >= 11 is 1.53. The number of halogens is 1. The van der Waals surface area contributed by atoms with E-state index in [1.54, 1.807) is 34.3 Å². The maximum Gasteiger partial charge on any atom is 0.407 e. The molecule has 0 spiro atoms. The van der Waals surface area contributed by atoms with Crippen LogP contribution in [0.5, 0.6) is 0 Å². The van der Waals surface area contributed by atoms with E-state index in [1.807, 2.05) is 44.4 Å². The number of thiazole rings is 1. The van der Waals surface area contributed by atoms with Crippen molar-refractivity contribution < 1.29 is 42.9 Å². The monoisotopic (exact) mass is 816 g/mol. The predicted octanol–water partition coefficient (Wildman–Crippen LogP) is 4.11. The van der Waals surface area contributed by atoms with Crippen LogP contribution in [0.2, 0.25) is 0 Å². The number of aldehydes is 2. The van der Waals surface area contributed by atoms with Crippen molar-refractivity contribution in [3.05, 3.63) is 52.5 Å². The number of alkyl halides is 1. The number of nitrogens with one attached hydrogen (secondary N) is 3. The average Bonchev–Trinajstić information content (AvgIpc) is 4.01. The number of amides is 3. The third-order valence-electron chi connectivity index (χ3n) is 12.1. The molecule has 3 heterocycles. The molecule has 2 aliphatic heterocycles. The van der Waals surface area contributed by atoms with Crippen molar-refractivity contribution in [2.45, 2.75) is 95.9 Å². The highest BCUT2D eigenvalue weighted by Gasteiger charge is 2.51. The predicted molar refractivity (Wildman–Crippen MR) is 214 cm³/mol. The van der Waals surface area contributed by atoms with Crippen LogP contribution in [0.1, 0.15) is 70.5 Å². The van der Waals surface area contributed by atoms with Gasteiger partial charge in [-0.15, -0.1) is 11.3 Å². The lowest BCUT2D eigenvalue weighted by molar-refractivity contribution is -0.145. The molecule has 2 saturated heterocycles. The van der Waals surface area contributed by atoms with Crippen LogP contribution < -0.4 is 16.0 Å². The molecule has 2 unspecified atom stereocenters. The van der Waals surface area contributed by atoms with Gasteiger partial charge in [0.25, 0.3) is 5.91 Å². The minimum absolute atomic E-state index is 0.00958. The average molecular weight is 817 g/mol. The smallest absolute Gasteiger partial charge is 0.407 e. The fraction of sp³-hybridized carbons (Fsp3) is 0.659. The van der Waals surface area contributed by atoms with E-state index in [9.17, 15) is 29.1 Å². The molecular weight excluding hydrogens is 756 g/mol. The van der Waals surface area contributed by atoms with Crippen LogP contribution in [-0.2, 0) is 35.1 Å². The van der Waals surface area contributed by atoms with E-state index in [2.05, 4.69) is 38.0 Å². The van der Waals surface area contributed by atoms with Crippen LogP contribution in [0.4, 0.5) is 9.18 Å². The van der Waals surface area contributed by atoms with Crippen molar-refractivity contribution in [1.82, 2.24) is 30.7 Å². The van der Waals surface area contributed by atoms with Gasteiger partial charge in [-0.2, -0.15) is 0 Å². The van der Waals surface area contributed by atoms with E-state index in [-0.39, 0.29) is 43.3 Å². The lowest BCUT2D eigenvalue weighted by Gasteiger charge is -2.44. The number of hydrogen-bond acceptors (Lipinski definition) is 11. The highest BCUT2D eigenvalue weighted by atomic mass is 32.1. The second-order valence-electron chi connectivity index (χ2n) is 15.9. The number of nitrogens with zero attached hydrogens (tertiary/aromatic N) is 3. The zero-order valence-electron chi connectivity index (χ0n) is 34.2. The van der Waals surface area contributed by atoms with Crippen LogP contribution in [0.15, 0.2) is 41.9 Å². The maximum absolute atomic E-state index is 15.6. The highest BCUT2D eigenvalue weighted by molar-refractivity contribution is 7.09. The Hall–Kier alpha value is -3.83. The van der Waals surface area contributed by atoms with E-state index in [4.69, 9.17) is 9.47 Å². The lowest BCUT2D eigenvalue weighted by atomic mass is 9.82. The van der Waals surface area contributed by atoms with E-state index >= 15 is 4.39 Å². The molecule has 1 aromatic carbocycles. The Morgan fingerprint density at radius 2 is 1.84 bits per heavy atom. The Balaban J connectivity index is 1.52. The minimum Gasteiger partial charge on any atom is -0.465 e. The van der Waals surface area contributed by atoms with Crippen molar-refractivity contribution in [2.24, 2.45) is 29.6 Å². The molecule has 4 rings (SSSR count). The summed E-state index contributed by atoms with van der Waals surface area (Å²) in [6, 6.07) is 7.99. The minimum atomic E-state index is -2.44. The fourth-order valence-electron chi connectivity index (χ4n) is 8.41. The zero-order chi connectivity index (χ0) is 41.9. The van der Waals surface area contributed by atoms with Crippen LogP contribution >= 0.6 is 11.3 Å². The van der Waals surface area contributed by atoms with Gasteiger partial charge in [-0.25, -0.2) is 14.2 Å². The molecule has 0 bridgehead atoms. The zero-order valence-corrected chi connectivity index (χ0v) is 35.0. The number of carbonyl (C=O) groups excluding carboxylic acids is 4. The number of ether oxygens (including phenoxy) is 2.